The van der Waals surface area contributed by atoms with Crippen LogP contribution in [0.5, 0.6) is 0 Å². The molecule has 3 N–H and O–H groups in total. The molecular formula is C35H52N2O3. The molecule has 1 atom stereocenters. The molecule has 5 nitrogen and oxygen atoms in total. The van der Waals surface area contributed by atoms with E-state index in [1.54, 1.807) is 27.9 Å². The molecule has 5 heteroatoms. The van der Waals surface area contributed by atoms with Gasteiger partial charge in [-0.2, -0.15) is 0 Å². The Morgan fingerprint density at radius 1 is 1.02 bits per heavy atom. The van der Waals surface area contributed by atoms with Crippen molar-refractivity contribution in [3.8, 4) is 11.1 Å². The van der Waals surface area contributed by atoms with Crippen LogP contribution in [0.3, 0.4) is 0 Å². The van der Waals surface area contributed by atoms with E-state index in [1.165, 1.54) is 27.8 Å². The van der Waals surface area contributed by atoms with Gasteiger partial charge in [-0.05, 0) is 74.4 Å². The highest BCUT2D eigenvalue weighted by Gasteiger charge is 2.27. The van der Waals surface area contributed by atoms with Crippen molar-refractivity contribution in [2.75, 3.05) is 18.6 Å². The number of hydrogen-bond acceptors (Lipinski definition) is 4. The molecule has 0 bridgehead atoms. The molecule has 1 aliphatic heterocycles. The number of carbonyl (C=O) groups excluding carboxylic acids is 1. The van der Waals surface area contributed by atoms with Gasteiger partial charge in [0.25, 0.3) is 0 Å². The number of unbranched alkanes of at least 4 members (excludes halogenated alkanes) is 1. The van der Waals surface area contributed by atoms with Crippen molar-refractivity contribution in [3.63, 3.8) is 0 Å². The second-order valence-corrected chi connectivity index (χ2v) is 10.7. The summed E-state index contributed by atoms with van der Waals surface area (Å²) in [6.45, 7) is 14.9. The van der Waals surface area contributed by atoms with Crippen LogP contribution in [0.4, 0.5) is 5.69 Å². The average Bonchev–Trinajstić information content (AvgIpc) is 3.37. The van der Waals surface area contributed by atoms with E-state index in [0.29, 0.717) is 6.61 Å². The summed E-state index contributed by atoms with van der Waals surface area (Å²) in [4.78, 5) is 14.1. The lowest BCUT2D eigenvalue weighted by Gasteiger charge is -2.21. The van der Waals surface area contributed by atoms with Gasteiger partial charge in [-0.25, -0.2) is 0 Å². The number of nitrogens with zero attached hydrogens (tertiary/aromatic N) is 1. The molecule has 0 aromatic heterocycles. The van der Waals surface area contributed by atoms with Crippen molar-refractivity contribution in [3.05, 3.63) is 89.5 Å². The summed E-state index contributed by atoms with van der Waals surface area (Å²) >= 11 is 0. The van der Waals surface area contributed by atoms with Gasteiger partial charge in [0.2, 0.25) is 5.91 Å². The molecule has 0 saturated heterocycles. The van der Waals surface area contributed by atoms with E-state index in [4.69, 9.17) is 15.6 Å². The summed E-state index contributed by atoms with van der Waals surface area (Å²) in [5.41, 5.74) is 12.8. The molecule has 0 aliphatic carbocycles. The molecule has 0 fully saturated rings. The highest BCUT2D eigenvalue weighted by molar-refractivity contribution is 5.98. The minimum atomic E-state index is -0.500. The second-order valence-electron chi connectivity index (χ2n) is 10.7. The van der Waals surface area contributed by atoms with E-state index in [1.807, 2.05) is 43.0 Å². The van der Waals surface area contributed by atoms with Crippen LogP contribution in [0.25, 0.3) is 11.1 Å². The Morgan fingerprint density at radius 2 is 1.62 bits per heavy atom. The maximum atomic E-state index is 12.2. The van der Waals surface area contributed by atoms with Crippen LogP contribution in [0.15, 0.2) is 72.8 Å². The Labute approximate surface area is 243 Å². The Balaban J connectivity index is 0.000000326. The quantitative estimate of drug-likeness (QED) is 0.317. The van der Waals surface area contributed by atoms with Crippen molar-refractivity contribution >= 4 is 11.6 Å². The first-order valence-corrected chi connectivity index (χ1v) is 14.6. The normalized spacial score (nSPS) is 12.5. The third kappa shape index (κ3) is 12.5. The Bertz CT molecular complexity index is 1120. The first-order chi connectivity index (χ1) is 19.0. The third-order valence-corrected chi connectivity index (χ3v) is 6.03. The van der Waals surface area contributed by atoms with Crippen LogP contribution in [0.1, 0.15) is 77.5 Å². The first kappa shape index (κ1) is 35.0. The highest BCUT2D eigenvalue weighted by Crippen LogP contribution is 2.28. The fourth-order valence-electron chi connectivity index (χ4n) is 4.24. The summed E-state index contributed by atoms with van der Waals surface area (Å²) in [7, 11) is 1.72. The van der Waals surface area contributed by atoms with Gasteiger partial charge in [0.05, 0.1) is 18.2 Å². The van der Waals surface area contributed by atoms with E-state index in [9.17, 15) is 4.79 Å². The number of nitrogens with two attached hydrogens (primary N) is 1. The summed E-state index contributed by atoms with van der Waals surface area (Å²) in [6.07, 6.45) is 3.83. The SMILES string of the molecule is CC.CC(C)(C)O.CCCCC(N)C(=O)N1CCc2ccccc21.COCc1ccc(-c2ccccc2)c(C)c1. The molecule has 0 saturated carbocycles. The Hall–Kier alpha value is -2.99. The van der Waals surface area contributed by atoms with Gasteiger partial charge in [-0.15, -0.1) is 0 Å². The molecule has 0 radical (unpaired) electrons. The summed E-state index contributed by atoms with van der Waals surface area (Å²) < 4.78 is 5.13. The Kier molecular flexibility index (Phi) is 16.1. The smallest absolute Gasteiger partial charge is 0.243 e. The summed E-state index contributed by atoms with van der Waals surface area (Å²) in [5, 5.41) is 8.52. The lowest BCUT2D eigenvalue weighted by atomic mass is 9.99. The number of aliphatic hydroxyl groups is 1. The van der Waals surface area contributed by atoms with Gasteiger partial charge < -0.3 is 20.5 Å². The van der Waals surface area contributed by atoms with Crippen molar-refractivity contribution in [2.45, 2.75) is 92.4 Å². The highest BCUT2D eigenvalue weighted by atomic mass is 16.5. The molecule has 1 unspecified atom stereocenters. The van der Waals surface area contributed by atoms with Crippen LogP contribution < -0.4 is 10.6 Å². The number of hydrogen-bond donors (Lipinski definition) is 2. The van der Waals surface area contributed by atoms with Crippen LogP contribution in [-0.4, -0.2) is 36.3 Å². The number of carbonyl (C=O) groups is 1. The number of amides is 1. The number of fused-ring (bicyclic) bond motifs is 1. The summed E-state index contributed by atoms with van der Waals surface area (Å²) in [5.74, 6) is 0.0726. The van der Waals surface area contributed by atoms with Gasteiger partial charge in [-0.3, -0.25) is 4.79 Å². The molecule has 40 heavy (non-hydrogen) atoms. The molecule has 3 aromatic carbocycles. The van der Waals surface area contributed by atoms with Gasteiger partial charge in [-0.1, -0.05) is 100 Å². The van der Waals surface area contributed by atoms with Crippen molar-refractivity contribution in [1.82, 2.24) is 0 Å². The maximum Gasteiger partial charge on any atom is 0.243 e. The lowest BCUT2D eigenvalue weighted by molar-refractivity contribution is -0.119. The average molecular weight is 549 g/mol. The van der Waals surface area contributed by atoms with E-state index >= 15 is 0 Å². The summed E-state index contributed by atoms with van der Waals surface area (Å²) in [6, 6.07) is 24.7. The monoisotopic (exact) mass is 548 g/mol. The van der Waals surface area contributed by atoms with Crippen LogP contribution in [-0.2, 0) is 22.6 Å². The number of methoxy groups -OCH3 is 1. The lowest BCUT2D eigenvalue weighted by Crippen LogP contribution is -2.43. The molecule has 1 heterocycles. The van der Waals surface area contributed by atoms with Crippen LogP contribution in [0.2, 0.25) is 0 Å². The molecule has 3 aromatic rings. The fourth-order valence-corrected chi connectivity index (χ4v) is 4.24. The molecule has 1 amide bonds. The van der Waals surface area contributed by atoms with Crippen LogP contribution >= 0.6 is 0 Å². The molecule has 220 valence electrons. The van der Waals surface area contributed by atoms with Gasteiger partial charge in [0, 0.05) is 19.3 Å². The standard InChI is InChI=1S/C15H16O.C14H20N2O.C4H10O.C2H6/c1-12-10-13(11-16-2)8-9-15(12)14-6-4-3-5-7-14;1-2-3-7-12(15)14(17)16-10-9-11-6-4-5-8-13(11)16;1-4(2,3)5;1-2/h3-10H,11H2,1-2H3;4-6,8,12H,2-3,7,9-10,15H2,1H3;5H,1-3H3;1-2H3. The van der Waals surface area contributed by atoms with Crippen molar-refractivity contribution in [2.24, 2.45) is 5.73 Å². The minimum absolute atomic E-state index is 0.0726. The maximum absolute atomic E-state index is 12.2. The number of anilines is 1. The zero-order valence-corrected chi connectivity index (χ0v) is 26.0. The topological polar surface area (TPSA) is 75.8 Å². The molecule has 0 spiro atoms. The van der Waals surface area contributed by atoms with Crippen molar-refractivity contribution in [1.29, 1.82) is 0 Å². The minimum Gasteiger partial charge on any atom is -0.391 e. The predicted molar refractivity (Wildman–Crippen MR) is 171 cm³/mol. The van der Waals surface area contributed by atoms with Crippen molar-refractivity contribution < 1.29 is 14.6 Å². The fraction of sp³-hybridized carbons (Fsp3) is 0.457. The molecular weight excluding hydrogens is 496 g/mol. The number of para-hydroxylation sites is 1. The van der Waals surface area contributed by atoms with E-state index in [-0.39, 0.29) is 11.9 Å². The zero-order chi connectivity index (χ0) is 30.1. The van der Waals surface area contributed by atoms with Gasteiger partial charge in [0.15, 0.2) is 0 Å². The molecule has 1 aliphatic rings. The van der Waals surface area contributed by atoms with E-state index < -0.39 is 5.60 Å². The number of aryl methyl sites for hydroxylation is 1. The number of ether oxygens (including phenoxy) is 1. The third-order valence-electron chi connectivity index (χ3n) is 6.03. The van der Waals surface area contributed by atoms with E-state index in [2.05, 4.69) is 62.4 Å². The molecule has 4 rings (SSSR count). The first-order valence-electron chi connectivity index (χ1n) is 14.6. The Morgan fingerprint density at radius 3 is 2.20 bits per heavy atom. The number of benzene rings is 3. The van der Waals surface area contributed by atoms with Crippen LogP contribution in [0, 0.1) is 6.92 Å². The van der Waals surface area contributed by atoms with E-state index in [0.717, 1.165) is 37.9 Å². The number of rotatable bonds is 7. The largest absolute Gasteiger partial charge is 0.391 e. The zero-order valence-electron chi connectivity index (χ0n) is 26.0. The second kappa shape index (κ2) is 18.4. The predicted octanol–water partition coefficient (Wildman–Crippen LogP) is 7.71. The van der Waals surface area contributed by atoms with Gasteiger partial charge >= 0.3 is 0 Å². The van der Waals surface area contributed by atoms with Gasteiger partial charge in [0.1, 0.15) is 0 Å².